The van der Waals surface area contributed by atoms with Gasteiger partial charge < -0.3 is 9.64 Å². The number of hydrogen-bond acceptors (Lipinski definition) is 3. The van der Waals surface area contributed by atoms with Gasteiger partial charge in [-0.15, -0.1) is 0 Å². The third-order valence-electron chi connectivity index (χ3n) is 2.38. The quantitative estimate of drug-likeness (QED) is 0.751. The van der Waals surface area contributed by atoms with Crippen LogP contribution in [0.1, 0.15) is 11.8 Å². The van der Waals surface area contributed by atoms with Crippen molar-refractivity contribution >= 4 is 28.3 Å². The molecule has 4 heteroatoms. The first kappa shape index (κ1) is 10.9. The molecule has 1 saturated heterocycles. The number of methoxy groups -OCH3 is 1. The lowest BCUT2D eigenvalue weighted by molar-refractivity contribution is 0.0130. The summed E-state index contributed by atoms with van der Waals surface area (Å²) in [5.74, 6) is 1.06. The minimum absolute atomic E-state index is 0.0336. The molecule has 0 N–H and O–H groups in total. The number of hydrogen-bond donors (Lipinski definition) is 0. The molecule has 0 spiro atoms. The highest BCUT2D eigenvalue weighted by atomic mass is 32.2. The summed E-state index contributed by atoms with van der Waals surface area (Å²) in [6.07, 6.45) is -0.0336. The molecule has 15 heavy (non-hydrogen) atoms. The molecular weight excluding hydrogens is 226 g/mol. The van der Waals surface area contributed by atoms with Gasteiger partial charge >= 0.3 is 0 Å². The Bertz CT molecular complexity index is 342. The maximum Gasteiger partial charge on any atom is 0.157 e. The molecule has 0 saturated carbocycles. The SMILES string of the molecule is COC(c1ccccc1)N1CCSC1=S. The zero-order valence-corrected chi connectivity index (χ0v) is 10.2. The fraction of sp³-hybridized carbons (Fsp3) is 0.364. The summed E-state index contributed by atoms with van der Waals surface area (Å²) < 4.78 is 6.45. The van der Waals surface area contributed by atoms with Gasteiger partial charge in [0.2, 0.25) is 0 Å². The van der Waals surface area contributed by atoms with Crippen molar-refractivity contribution in [3.8, 4) is 0 Å². The van der Waals surface area contributed by atoms with Gasteiger partial charge in [0.1, 0.15) is 4.32 Å². The van der Waals surface area contributed by atoms with E-state index in [-0.39, 0.29) is 6.23 Å². The largest absolute Gasteiger partial charge is 0.357 e. The molecule has 0 radical (unpaired) electrons. The molecule has 1 aliphatic rings. The molecule has 80 valence electrons. The summed E-state index contributed by atoms with van der Waals surface area (Å²) in [6.45, 7) is 0.969. The number of benzene rings is 1. The molecule has 0 bridgehead atoms. The van der Waals surface area contributed by atoms with Gasteiger partial charge in [-0.3, -0.25) is 0 Å². The average molecular weight is 239 g/mol. The van der Waals surface area contributed by atoms with E-state index in [1.807, 2.05) is 18.2 Å². The van der Waals surface area contributed by atoms with Gasteiger partial charge in [-0.05, 0) is 0 Å². The van der Waals surface area contributed by atoms with E-state index < -0.39 is 0 Å². The van der Waals surface area contributed by atoms with Crippen molar-refractivity contribution in [1.82, 2.24) is 4.90 Å². The minimum atomic E-state index is -0.0336. The lowest BCUT2D eigenvalue weighted by Crippen LogP contribution is -2.29. The highest BCUT2D eigenvalue weighted by Gasteiger charge is 2.26. The zero-order valence-electron chi connectivity index (χ0n) is 8.55. The predicted molar refractivity (Wildman–Crippen MR) is 68.0 cm³/mol. The van der Waals surface area contributed by atoms with Gasteiger partial charge in [-0.1, -0.05) is 54.3 Å². The van der Waals surface area contributed by atoms with Crippen LogP contribution < -0.4 is 0 Å². The molecule has 2 nitrogen and oxygen atoms in total. The van der Waals surface area contributed by atoms with Gasteiger partial charge in [-0.2, -0.15) is 0 Å². The molecule has 0 aromatic heterocycles. The lowest BCUT2D eigenvalue weighted by Gasteiger charge is -2.27. The normalized spacial score (nSPS) is 18.2. The molecule has 1 aromatic rings. The maximum atomic E-state index is 5.52. The molecule has 1 fully saturated rings. The Labute approximate surface area is 99.6 Å². The number of thiocarbonyl (C=S) groups is 1. The van der Waals surface area contributed by atoms with Crippen LogP contribution in [0.25, 0.3) is 0 Å². The number of rotatable bonds is 3. The molecule has 1 atom stereocenters. The van der Waals surface area contributed by atoms with Crippen LogP contribution in [-0.4, -0.2) is 28.6 Å². The highest BCUT2D eigenvalue weighted by Crippen LogP contribution is 2.29. The van der Waals surface area contributed by atoms with E-state index in [2.05, 4.69) is 17.0 Å². The Kier molecular flexibility index (Phi) is 3.61. The van der Waals surface area contributed by atoms with Crippen LogP contribution in [0.5, 0.6) is 0 Å². The monoisotopic (exact) mass is 239 g/mol. The summed E-state index contributed by atoms with van der Waals surface area (Å²) in [5, 5.41) is 0. The minimum Gasteiger partial charge on any atom is -0.357 e. The second-order valence-electron chi connectivity index (χ2n) is 3.31. The molecule has 0 amide bonds. The van der Waals surface area contributed by atoms with Crippen molar-refractivity contribution in [3.05, 3.63) is 35.9 Å². The van der Waals surface area contributed by atoms with Crippen molar-refractivity contribution in [2.75, 3.05) is 19.4 Å². The third-order valence-corrected chi connectivity index (χ3v) is 3.84. The van der Waals surface area contributed by atoms with Crippen LogP contribution in [0.2, 0.25) is 0 Å². The van der Waals surface area contributed by atoms with Gasteiger partial charge in [-0.25, -0.2) is 0 Å². The second kappa shape index (κ2) is 4.96. The van der Waals surface area contributed by atoms with E-state index in [4.69, 9.17) is 17.0 Å². The van der Waals surface area contributed by atoms with Gasteiger partial charge in [0, 0.05) is 25.0 Å². The van der Waals surface area contributed by atoms with E-state index in [9.17, 15) is 0 Å². The van der Waals surface area contributed by atoms with E-state index >= 15 is 0 Å². The van der Waals surface area contributed by atoms with Gasteiger partial charge in [0.25, 0.3) is 0 Å². The Morgan fingerprint density at radius 2 is 2.13 bits per heavy atom. The summed E-state index contributed by atoms with van der Waals surface area (Å²) in [6, 6.07) is 10.2. The van der Waals surface area contributed by atoms with Crippen LogP contribution in [-0.2, 0) is 4.74 Å². The first-order chi connectivity index (χ1) is 7.33. The summed E-state index contributed by atoms with van der Waals surface area (Å²) in [4.78, 5) is 2.13. The molecule has 1 unspecified atom stereocenters. The molecular formula is C11H13NOS2. The summed E-state index contributed by atoms with van der Waals surface area (Å²) in [7, 11) is 1.73. The highest BCUT2D eigenvalue weighted by molar-refractivity contribution is 8.23. The summed E-state index contributed by atoms with van der Waals surface area (Å²) in [5.41, 5.74) is 1.16. The topological polar surface area (TPSA) is 12.5 Å². The van der Waals surface area contributed by atoms with Crippen LogP contribution in [0.15, 0.2) is 30.3 Å². The maximum absolute atomic E-state index is 5.52. The van der Waals surface area contributed by atoms with Crippen LogP contribution in [0.3, 0.4) is 0 Å². The average Bonchev–Trinajstić information content (AvgIpc) is 2.68. The van der Waals surface area contributed by atoms with Crippen molar-refractivity contribution < 1.29 is 4.74 Å². The predicted octanol–water partition coefficient (Wildman–Crippen LogP) is 2.67. The molecule has 1 heterocycles. The van der Waals surface area contributed by atoms with Crippen molar-refractivity contribution in [2.24, 2.45) is 0 Å². The summed E-state index contributed by atoms with van der Waals surface area (Å²) >= 11 is 7.01. The van der Waals surface area contributed by atoms with Crippen molar-refractivity contribution in [3.63, 3.8) is 0 Å². The van der Waals surface area contributed by atoms with Gasteiger partial charge in [0.15, 0.2) is 6.23 Å². The first-order valence-corrected chi connectivity index (χ1v) is 6.23. The third kappa shape index (κ3) is 2.33. The molecule has 1 aliphatic heterocycles. The van der Waals surface area contributed by atoms with E-state index in [0.29, 0.717) is 0 Å². The van der Waals surface area contributed by atoms with Crippen molar-refractivity contribution in [1.29, 1.82) is 0 Å². The lowest BCUT2D eigenvalue weighted by atomic mass is 10.2. The van der Waals surface area contributed by atoms with Crippen LogP contribution >= 0.6 is 24.0 Å². The molecule has 1 aromatic carbocycles. The van der Waals surface area contributed by atoms with Gasteiger partial charge in [0.05, 0.1) is 0 Å². The fourth-order valence-electron chi connectivity index (χ4n) is 1.68. The standard InChI is InChI=1S/C11H13NOS2/c1-13-10(9-5-3-2-4-6-9)12-7-8-15-11(12)14/h2-6,10H,7-8H2,1H3. The van der Waals surface area contributed by atoms with Crippen LogP contribution in [0, 0.1) is 0 Å². The molecule has 0 aliphatic carbocycles. The van der Waals surface area contributed by atoms with E-state index in [1.54, 1.807) is 18.9 Å². The second-order valence-corrected chi connectivity index (χ2v) is 5.04. The van der Waals surface area contributed by atoms with E-state index in [1.165, 1.54) is 0 Å². The Morgan fingerprint density at radius 3 is 2.67 bits per heavy atom. The van der Waals surface area contributed by atoms with Crippen molar-refractivity contribution in [2.45, 2.75) is 6.23 Å². The molecule has 2 rings (SSSR count). The number of nitrogens with zero attached hydrogens (tertiary/aromatic N) is 1. The Morgan fingerprint density at radius 1 is 1.40 bits per heavy atom. The smallest absolute Gasteiger partial charge is 0.157 e. The van der Waals surface area contributed by atoms with Crippen LogP contribution in [0.4, 0.5) is 0 Å². The zero-order chi connectivity index (χ0) is 10.7. The first-order valence-electron chi connectivity index (χ1n) is 4.84. The Balaban J connectivity index is 2.20. The Hall–Kier alpha value is -0.580. The number of ether oxygens (including phenoxy) is 1. The van der Waals surface area contributed by atoms with E-state index in [0.717, 1.165) is 22.2 Å². The fourth-order valence-corrected chi connectivity index (χ4v) is 2.93. The number of thioether (sulfide) groups is 1.